The SMILES string of the molecule is Cc1noc(C)c1S(=O)(=O)NC(C)C(=O)N1CCC2(CCNC2)CC1. The molecule has 3 heterocycles. The van der Waals surface area contributed by atoms with E-state index in [0.29, 0.717) is 24.2 Å². The van der Waals surface area contributed by atoms with Crippen LogP contribution in [0.5, 0.6) is 0 Å². The van der Waals surface area contributed by atoms with Crippen LogP contribution < -0.4 is 10.0 Å². The average Bonchev–Trinajstić information content (AvgIpc) is 3.14. The summed E-state index contributed by atoms with van der Waals surface area (Å²) in [6.07, 6.45) is 3.09. The Hall–Kier alpha value is -1.45. The van der Waals surface area contributed by atoms with E-state index < -0.39 is 16.1 Å². The zero-order valence-corrected chi connectivity index (χ0v) is 15.8. The van der Waals surface area contributed by atoms with Crippen molar-refractivity contribution in [1.29, 1.82) is 0 Å². The first-order valence-electron chi connectivity index (χ1n) is 8.69. The van der Waals surface area contributed by atoms with Crippen LogP contribution in [0, 0.1) is 19.3 Å². The van der Waals surface area contributed by atoms with Gasteiger partial charge in [-0.2, -0.15) is 4.72 Å². The van der Waals surface area contributed by atoms with E-state index in [0.717, 1.165) is 32.4 Å². The van der Waals surface area contributed by atoms with Gasteiger partial charge in [0.25, 0.3) is 0 Å². The standard InChI is InChI=1S/C16H26N4O4S/c1-11-14(13(3)24-18-11)25(22,23)19-12(2)15(21)20-8-5-16(6-9-20)4-7-17-10-16/h12,17,19H,4-10H2,1-3H3. The van der Waals surface area contributed by atoms with Gasteiger partial charge < -0.3 is 14.7 Å². The molecule has 1 aromatic rings. The van der Waals surface area contributed by atoms with Crippen molar-refractivity contribution in [3.63, 3.8) is 0 Å². The second-order valence-corrected chi connectivity index (χ2v) is 8.90. The monoisotopic (exact) mass is 370 g/mol. The van der Waals surface area contributed by atoms with Crippen LogP contribution >= 0.6 is 0 Å². The number of hydrogen-bond acceptors (Lipinski definition) is 6. The van der Waals surface area contributed by atoms with Crippen molar-refractivity contribution in [1.82, 2.24) is 20.1 Å². The summed E-state index contributed by atoms with van der Waals surface area (Å²) in [5.74, 6) is 0.0365. The first-order valence-corrected chi connectivity index (χ1v) is 10.2. The first kappa shape index (κ1) is 18.3. The molecule has 2 saturated heterocycles. The molecule has 25 heavy (non-hydrogen) atoms. The van der Waals surface area contributed by atoms with Crippen LogP contribution in [-0.2, 0) is 14.8 Å². The lowest BCUT2D eigenvalue weighted by atomic mass is 9.78. The molecule has 2 aliphatic rings. The van der Waals surface area contributed by atoms with Crippen molar-refractivity contribution in [3.05, 3.63) is 11.5 Å². The molecule has 1 amide bonds. The Balaban J connectivity index is 1.63. The van der Waals surface area contributed by atoms with Crippen LogP contribution in [-0.4, -0.2) is 56.6 Å². The van der Waals surface area contributed by atoms with Crippen LogP contribution in [0.4, 0.5) is 0 Å². The third-order valence-electron chi connectivity index (χ3n) is 5.41. The molecule has 2 N–H and O–H groups in total. The molecule has 2 aliphatic heterocycles. The number of nitrogens with one attached hydrogen (secondary N) is 2. The number of sulfonamides is 1. The van der Waals surface area contributed by atoms with Crippen molar-refractivity contribution in [3.8, 4) is 0 Å². The van der Waals surface area contributed by atoms with Gasteiger partial charge in [-0.1, -0.05) is 5.16 Å². The lowest BCUT2D eigenvalue weighted by Crippen LogP contribution is -2.51. The van der Waals surface area contributed by atoms with E-state index in [1.165, 1.54) is 0 Å². The van der Waals surface area contributed by atoms with Crippen molar-refractivity contribution < 1.29 is 17.7 Å². The smallest absolute Gasteiger partial charge is 0.246 e. The van der Waals surface area contributed by atoms with Crippen LogP contribution in [0.15, 0.2) is 9.42 Å². The van der Waals surface area contributed by atoms with Gasteiger partial charge in [-0.25, -0.2) is 8.42 Å². The molecule has 3 rings (SSSR count). The highest BCUT2D eigenvalue weighted by Gasteiger charge is 2.39. The Morgan fingerprint density at radius 1 is 1.32 bits per heavy atom. The van der Waals surface area contributed by atoms with Crippen molar-refractivity contribution in [2.75, 3.05) is 26.2 Å². The van der Waals surface area contributed by atoms with Gasteiger partial charge in [-0.05, 0) is 52.0 Å². The summed E-state index contributed by atoms with van der Waals surface area (Å²) >= 11 is 0. The van der Waals surface area contributed by atoms with Gasteiger partial charge in [0.2, 0.25) is 15.9 Å². The Labute approximate surface area is 148 Å². The average molecular weight is 370 g/mol. The highest BCUT2D eigenvalue weighted by atomic mass is 32.2. The molecule has 0 aliphatic carbocycles. The number of nitrogens with zero attached hydrogens (tertiary/aromatic N) is 2. The molecular weight excluding hydrogens is 344 g/mol. The maximum Gasteiger partial charge on any atom is 0.246 e. The number of aryl methyl sites for hydroxylation is 2. The quantitative estimate of drug-likeness (QED) is 0.802. The second-order valence-electron chi connectivity index (χ2n) is 7.25. The minimum atomic E-state index is -3.85. The number of likely N-dealkylation sites (tertiary alicyclic amines) is 1. The van der Waals surface area contributed by atoms with E-state index in [4.69, 9.17) is 4.52 Å². The van der Waals surface area contributed by atoms with Gasteiger partial charge >= 0.3 is 0 Å². The molecule has 2 fully saturated rings. The maximum absolute atomic E-state index is 12.7. The molecule has 0 saturated carbocycles. The fraction of sp³-hybridized carbons (Fsp3) is 0.750. The van der Waals surface area contributed by atoms with E-state index in [1.807, 2.05) is 0 Å². The predicted octanol–water partition coefficient (Wildman–Crippen LogP) is 0.560. The van der Waals surface area contributed by atoms with Gasteiger partial charge in [0.05, 0.1) is 6.04 Å². The summed E-state index contributed by atoms with van der Waals surface area (Å²) in [7, 11) is -3.85. The van der Waals surface area contributed by atoms with Gasteiger partial charge in [0, 0.05) is 19.6 Å². The summed E-state index contributed by atoms with van der Waals surface area (Å²) in [6, 6.07) is -0.825. The molecular formula is C16H26N4O4S. The Morgan fingerprint density at radius 2 is 2.00 bits per heavy atom. The van der Waals surface area contributed by atoms with Gasteiger partial charge in [0.15, 0.2) is 5.76 Å². The van der Waals surface area contributed by atoms with E-state index in [2.05, 4.69) is 15.2 Å². The van der Waals surface area contributed by atoms with Gasteiger partial charge in [-0.15, -0.1) is 0 Å². The topological polar surface area (TPSA) is 105 Å². The van der Waals surface area contributed by atoms with Crippen molar-refractivity contribution in [2.24, 2.45) is 5.41 Å². The number of carbonyl (C=O) groups is 1. The highest BCUT2D eigenvalue weighted by molar-refractivity contribution is 7.89. The van der Waals surface area contributed by atoms with Gasteiger partial charge in [-0.3, -0.25) is 4.79 Å². The summed E-state index contributed by atoms with van der Waals surface area (Å²) < 4.78 is 32.5. The second kappa shape index (κ2) is 6.69. The Bertz CT molecular complexity index is 723. The third kappa shape index (κ3) is 3.58. The minimum absolute atomic E-state index is 0.0155. The normalized spacial score (nSPS) is 21.6. The third-order valence-corrected chi connectivity index (χ3v) is 7.19. The molecule has 0 bridgehead atoms. The number of piperidine rings is 1. The van der Waals surface area contributed by atoms with E-state index >= 15 is 0 Å². The zero-order valence-electron chi connectivity index (χ0n) is 15.0. The fourth-order valence-electron chi connectivity index (χ4n) is 3.90. The van der Waals surface area contributed by atoms with Crippen LogP contribution in [0.1, 0.15) is 37.6 Å². The zero-order chi connectivity index (χ0) is 18.2. The van der Waals surface area contributed by atoms with Crippen LogP contribution in [0.25, 0.3) is 0 Å². The summed E-state index contributed by atoms with van der Waals surface area (Å²) in [5, 5.41) is 7.07. The Kier molecular flexibility index (Phi) is 4.91. The van der Waals surface area contributed by atoms with Crippen molar-refractivity contribution in [2.45, 2.75) is 51.0 Å². The maximum atomic E-state index is 12.7. The molecule has 1 unspecified atom stereocenters. The van der Waals surface area contributed by atoms with E-state index in [9.17, 15) is 13.2 Å². The predicted molar refractivity (Wildman–Crippen MR) is 91.5 cm³/mol. The number of rotatable bonds is 4. The molecule has 1 spiro atoms. The number of hydrogen-bond donors (Lipinski definition) is 2. The molecule has 1 aromatic heterocycles. The fourth-order valence-corrected chi connectivity index (χ4v) is 5.42. The molecule has 0 radical (unpaired) electrons. The first-order chi connectivity index (χ1) is 11.7. The largest absolute Gasteiger partial charge is 0.360 e. The number of aromatic nitrogens is 1. The molecule has 0 aromatic carbocycles. The molecule has 1 atom stereocenters. The molecule has 9 heteroatoms. The summed E-state index contributed by atoms with van der Waals surface area (Å²) in [5.41, 5.74) is 0.606. The van der Waals surface area contributed by atoms with E-state index in [-0.39, 0.29) is 16.6 Å². The molecule has 140 valence electrons. The lowest BCUT2D eigenvalue weighted by Gasteiger charge is -2.39. The van der Waals surface area contributed by atoms with Crippen LogP contribution in [0.2, 0.25) is 0 Å². The number of carbonyl (C=O) groups excluding carboxylic acids is 1. The lowest BCUT2D eigenvalue weighted by molar-refractivity contribution is -0.134. The Morgan fingerprint density at radius 3 is 2.52 bits per heavy atom. The summed E-state index contributed by atoms with van der Waals surface area (Å²) in [4.78, 5) is 14.4. The van der Waals surface area contributed by atoms with E-state index in [1.54, 1.807) is 25.7 Å². The highest BCUT2D eigenvalue weighted by Crippen LogP contribution is 2.37. The van der Waals surface area contributed by atoms with Crippen LogP contribution in [0.3, 0.4) is 0 Å². The minimum Gasteiger partial charge on any atom is -0.360 e. The number of amides is 1. The van der Waals surface area contributed by atoms with Gasteiger partial charge in [0.1, 0.15) is 10.6 Å². The molecule has 8 nitrogen and oxygen atoms in total. The van der Waals surface area contributed by atoms with Crippen molar-refractivity contribution >= 4 is 15.9 Å². The summed E-state index contributed by atoms with van der Waals surface area (Å²) in [6.45, 7) is 8.11.